The molecule has 11 heteroatoms. The minimum atomic E-state index is -0.513. The summed E-state index contributed by atoms with van der Waals surface area (Å²) in [6, 6.07) is 4.36. The lowest BCUT2D eigenvalue weighted by atomic mass is 9.94. The van der Waals surface area contributed by atoms with Crippen LogP contribution in [0, 0.1) is 10.1 Å². The number of carbonyl (C=O) groups excluding carboxylic acids is 1. The monoisotopic (exact) mass is 414 g/mol. The topological polar surface area (TPSA) is 129 Å². The molecular weight excluding hydrogens is 392 g/mol. The second-order valence-corrected chi connectivity index (χ2v) is 7.03. The van der Waals surface area contributed by atoms with E-state index in [0.717, 1.165) is 24.6 Å². The Labute approximate surface area is 167 Å². The summed E-state index contributed by atoms with van der Waals surface area (Å²) in [7, 11) is 1.75. The maximum absolute atomic E-state index is 12.4. The van der Waals surface area contributed by atoms with Gasteiger partial charge < -0.3 is 15.6 Å². The SMILES string of the molecule is CCC(N)(CC)CNC(=O)c1ccc(Sc2nncn2C)c([N+](=O)[O-])c1.Cl. The molecule has 1 amide bonds. The predicted octanol–water partition coefficient (Wildman–Crippen LogP) is 2.54. The van der Waals surface area contributed by atoms with Crippen molar-refractivity contribution in [1.29, 1.82) is 0 Å². The maximum atomic E-state index is 12.4. The van der Waals surface area contributed by atoms with Crippen molar-refractivity contribution in [3.8, 4) is 0 Å². The highest BCUT2D eigenvalue weighted by molar-refractivity contribution is 7.99. The molecule has 148 valence electrons. The Morgan fingerprint density at radius 2 is 2.07 bits per heavy atom. The van der Waals surface area contributed by atoms with E-state index < -0.39 is 10.5 Å². The molecule has 1 aromatic carbocycles. The largest absolute Gasteiger partial charge is 0.350 e. The Bertz CT molecular complexity index is 809. The minimum Gasteiger partial charge on any atom is -0.350 e. The summed E-state index contributed by atoms with van der Waals surface area (Å²) in [5, 5.41) is 22.3. The number of hydrogen-bond donors (Lipinski definition) is 2. The Kier molecular flexibility index (Phi) is 8.20. The molecule has 0 atom stereocenters. The van der Waals surface area contributed by atoms with Crippen molar-refractivity contribution in [1.82, 2.24) is 20.1 Å². The number of rotatable bonds is 8. The van der Waals surface area contributed by atoms with Gasteiger partial charge in [-0.25, -0.2) is 0 Å². The fourth-order valence-corrected chi connectivity index (χ4v) is 3.06. The predicted molar refractivity (Wildman–Crippen MR) is 105 cm³/mol. The number of halogens is 1. The van der Waals surface area contributed by atoms with Crippen LogP contribution < -0.4 is 11.1 Å². The van der Waals surface area contributed by atoms with Crippen LogP contribution in [0.25, 0.3) is 0 Å². The summed E-state index contributed by atoms with van der Waals surface area (Å²) >= 11 is 1.12. The van der Waals surface area contributed by atoms with E-state index in [1.807, 2.05) is 13.8 Å². The number of nitrogens with one attached hydrogen (secondary N) is 1. The van der Waals surface area contributed by atoms with Gasteiger partial charge in [0.1, 0.15) is 6.33 Å². The van der Waals surface area contributed by atoms with Gasteiger partial charge in [0, 0.05) is 30.8 Å². The number of aryl methyl sites for hydroxylation is 1. The van der Waals surface area contributed by atoms with Crippen LogP contribution in [0.3, 0.4) is 0 Å². The summed E-state index contributed by atoms with van der Waals surface area (Å²) < 4.78 is 1.66. The number of benzene rings is 1. The van der Waals surface area contributed by atoms with Crippen LogP contribution >= 0.6 is 24.2 Å². The van der Waals surface area contributed by atoms with Gasteiger partial charge in [0.2, 0.25) is 0 Å². The van der Waals surface area contributed by atoms with E-state index in [1.165, 1.54) is 12.4 Å². The highest BCUT2D eigenvalue weighted by Gasteiger charge is 2.23. The van der Waals surface area contributed by atoms with Gasteiger partial charge in [-0.2, -0.15) is 0 Å². The van der Waals surface area contributed by atoms with Crippen molar-refractivity contribution in [2.45, 2.75) is 42.3 Å². The van der Waals surface area contributed by atoms with Gasteiger partial charge in [-0.15, -0.1) is 22.6 Å². The summed E-state index contributed by atoms with van der Waals surface area (Å²) in [5.41, 5.74) is 5.75. The molecule has 9 nitrogen and oxygen atoms in total. The van der Waals surface area contributed by atoms with Crippen LogP contribution in [-0.2, 0) is 7.05 Å². The first-order valence-corrected chi connectivity index (χ1v) is 8.98. The maximum Gasteiger partial charge on any atom is 0.284 e. The second kappa shape index (κ2) is 9.67. The Balaban J connectivity index is 0.00000364. The van der Waals surface area contributed by atoms with Crippen molar-refractivity contribution in [3.63, 3.8) is 0 Å². The Morgan fingerprint density at radius 1 is 1.41 bits per heavy atom. The van der Waals surface area contributed by atoms with E-state index in [0.29, 0.717) is 16.6 Å². The summed E-state index contributed by atoms with van der Waals surface area (Å²) in [4.78, 5) is 23.6. The van der Waals surface area contributed by atoms with Gasteiger partial charge in [-0.3, -0.25) is 14.9 Å². The smallest absolute Gasteiger partial charge is 0.284 e. The van der Waals surface area contributed by atoms with E-state index in [2.05, 4.69) is 15.5 Å². The number of nitrogens with two attached hydrogens (primary N) is 1. The summed E-state index contributed by atoms with van der Waals surface area (Å²) in [6.45, 7) is 4.22. The third kappa shape index (κ3) is 5.65. The first kappa shape index (κ1) is 22.9. The van der Waals surface area contributed by atoms with Crippen molar-refractivity contribution in [3.05, 3.63) is 40.2 Å². The molecule has 0 aliphatic rings. The van der Waals surface area contributed by atoms with Gasteiger partial charge in [-0.05, 0) is 36.7 Å². The molecular formula is C16H23ClN6O3S. The molecule has 0 radical (unpaired) electrons. The molecule has 0 bridgehead atoms. The van der Waals surface area contributed by atoms with Crippen LogP contribution in [0.4, 0.5) is 5.69 Å². The van der Waals surface area contributed by atoms with E-state index in [4.69, 9.17) is 5.73 Å². The molecule has 0 unspecified atom stereocenters. The number of carbonyl (C=O) groups is 1. The zero-order chi connectivity index (χ0) is 19.3. The number of aromatic nitrogens is 3. The molecule has 2 rings (SSSR count). The molecule has 0 spiro atoms. The van der Waals surface area contributed by atoms with Crippen molar-refractivity contribution >= 4 is 35.8 Å². The molecule has 0 saturated carbocycles. The third-order valence-corrected chi connectivity index (χ3v) is 5.42. The molecule has 27 heavy (non-hydrogen) atoms. The van der Waals surface area contributed by atoms with Gasteiger partial charge in [-0.1, -0.05) is 13.8 Å². The van der Waals surface area contributed by atoms with Crippen LogP contribution in [0.5, 0.6) is 0 Å². The fraction of sp³-hybridized carbons (Fsp3) is 0.438. The normalized spacial score (nSPS) is 11.0. The van der Waals surface area contributed by atoms with E-state index >= 15 is 0 Å². The average Bonchev–Trinajstić information content (AvgIpc) is 3.04. The molecule has 0 fully saturated rings. The Morgan fingerprint density at radius 3 is 2.59 bits per heavy atom. The van der Waals surface area contributed by atoms with Crippen LogP contribution in [0.1, 0.15) is 37.0 Å². The first-order valence-electron chi connectivity index (χ1n) is 8.17. The molecule has 0 saturated heterocycles. The highest BCUT2D eigenvalue weighted by atomic mass is 35.5. The molecule has 2 aromatic rings. The molecule has 1 aromatic heterocycles. The summed E-state index contributed by atoms with van der Waals surface area (Å²) in [6.07, 6.45) is 2.95. The van der Waals surface area contributed by atoms with Gasteiger partial charge in [0.25, 0.3) is 11.6 Å². The first-order chi connectivity index (χ1) is 12.3. The zero-order valence-corrected chi connectivity index (χ0v) is 17.0. The number of nitro groups is 1. The van der Waals surface area contributed by atoms with Gasteiger partial charge in [0.05, 0.1) is 9.82 Å². The number of amides is 1. The van der Waals surface area contributed by atoms with E-state index in [-0.39, 0.29) is 29.6 Å². The molecule has 3 N–H and O–H groups in total. The molecule has 0 aliphatic heterocycles. The van der Waals surface area contributed by atoms with Crippen molar-refractivity contribution in [2.75, 3.05) is 6.54 Å². The fourth-order valence-electron chi connectivity index (χ4n) is 2.21. The number of nitro benzene ring substituents is 1. The van der Waals surface area contributed by atoms with Crippen molar-refractivity contribution in [2.24, 2.45) is 12.8 Å². The lowest BCUT2D eigenvalue weighted by Gasteiger charge is -2.26. The average molecular weight is 415 g/mol. The van der Waals surface area contributed by atoms with Gasteiger partial charge >= 0.3 is 0 Å². The van der Waals surface area contributed by atoms with Crippen LogP contribution in [0.15, 0.2) is 34.6 Å². The third-order valence-electron chi connectivity index (χ3n) is 4.30. The quantitative estimate of drug-likeness (QED) is 0.501. The minimum absolute atomic E-state index is 0. The number of hydrogen-bond acceptors (Lipinski definition) is 7. The second-order valence-electron chi connectivity index (χ2n) is 6.02. The summed E-state index contributed by atoms with van der Waals surface area (Å²) in [5.74, 6) is -0.389. The van der Waals surface area contributed by atoms with Crippen LogP contribution in [0.2, 0.25) is 0 Å². The van der Waals surface area contributed by atoms with E-state index in [1.54, 1.807) is 23.7 Å². The Hall–Kier alpha value is -2.17. The van der Waals surface area contributed by atoms with E-state index in [9.17, 15) is 14.9 Å². The van der Waals surface area contributed by atoms with Crippen molar-refractivity contribution < 1.29 is 9.72 Å². The van der Waals surface area contributed by atoms with Crippen LogP contribution in [-0.4, -0.2) is 37.7 Å². The number of nitrogens with zero attached hydrogens (tertiary/aromatic N) is 4. The van der Waals surface area contributed by atoms with Gasteiger partial charge in [0.15, 0.2) is 5.16 Å². The zero-order valence-electron chi connectivity index (χ0n) is 15.3. The molecule has 1 heterocycles. The lowest BCUT2D eigenvalue weighted by Crippen LogP contribution is -2.49. The molecule has 0 aliphatic carbocycles. The standard InChI is InChI=1S/C16H22N6O3S.ClH/c1-4-16(17,5-2)9-18-14(23)11-6-7-13(12(8-11)22(24)25)26-15-20-19-10-21(15)3;/h6-8,10H,4-5,9,17H2,1-3H3,(H,18,23);1H. The lowest BCUT2D eigenvalue weighted by molar-refractivity contribution is -0.387. The highest BCUT2D eigenvalue weighted by Crippen LogP contribution is 2.34.